The number of nitro groups is 1. The second-order valence-electron chi connectivity index (χ2n) is 4.99. The minimum atomic E-state index is -0.499. The van der Waals surface area contributed by atoms with Gasteiger partial charge >= 0.3 is 0 Å². The highest BCUT2D eigenvalue weighted by molar-refractivity contribution is 5.40. The first-order valence-electron chi connectivity index (χ1n) is 7.00. The summed E-state index contributed by atoms with van der Waals surface area (Å²) in [6.07, 6.45) is 3.85. The zero-order valence-electron chi connectivity index (χ0n) is 11.7. The maximum Gasteiger partial charge on any atom is 0.272 e. The van der Waals surface area contributed by atoms with Crippen molar-refractivity contribution in [3.8, 4) is 0 Å². The largest absolute Gasteiger partial charge is 0.392 e. The van der Waals surface area contributed by atoms with Crippen LogP contribution in [0.5, 0.6) is 0 Å². The van der Waals surface area contributed by atoms with Crippen molar-refractivity contribution in [3.05, 3.63) is 39.9 Å². The summed E-state index contributed by atoms with van der Waals surface area (Å²) < 4.78 is 0. The van der Waals surface area contributed by atoms with Gasteiger partial charge in [0, 0.05) is 18.1 Å². The van der Waals surface area contributed by atoms with Crippen molar-refractivity contribution in [3.63, 3.8) is 0 Å². The number of aliphatic hydroxyl groups excluding tert-OH is 1. The van der Waals surface area contributed by atoms with Crippen LogP contribution in [-0.4, -0.2) is 16.1 Å². The highest BCUT2D eigenvalue weighted by Gasteiger charge is 2.21. The molecular weight excluding hydrogens is 242 g/mol. The van der Waals surface area contributed by atoms with E-state index in [1.165, 1.54) is 6.07 Å². The molecule has 0 spiro atoms. The van der Waals surface area contributed by atoms with Crippen LogP contribution in [0.2, 0.25) is 0 Å². The molecule has 1 unspecified atom stereocenters. The molecule has 0 amide bonds. The standard InChI is InChI=1S/C15H23NO3/c1-3-7-12(8-4-2)15(17)11-13-9-5-6-10-14(13)16(18)19/h5-6,9-10,12,15,17H,3-4,7-8,11H2,1-2H3. The molecule has 0 radical (unpaired) electrons. The van der Waals surface area contributed by atoms with E-state index < -0.39 is 6.10 Å². The summed E-state index contributed by atoms with van der Waals surface area (Å²) in [5.74, 6) is 0.231. The molecule has 1 atom stereocenters. The quantitative estimate of drug-likeness (QED) is 0.575. The van der Waals surface area contributed by atoms with Gasteiger partial charge in [0.2, 0.25) is 0 Å². The van der Waals surface area contributed by atoms with Crippen LogP contribution in [0.4, 0.5) is 5.69 Å². The zero-order chi connectivity index (χ0) is 14.3. The van der Waals surface area contributed by atoms with Crippen LogP contribution in [0.25, 0.3) is 0 Å². The molecule has 0 fully saturated rings. The van der Waals surface area contributed by atoms with Gasteiger partial charge in [-0.25, -0.2) is 0 Å². The van der Waals surface area contributed by atoms with Gasteiger partial charge in [-0.2, -0.15) is 0 Å². The third-order valence-corrected chi connectivity index (χ3v) is 3.48. The minimum Gasteiger partial charge on any atom is -0.392 e. The highest BCUT2D eigenvalue weighted by Crippen LogP contribution is 2.25. The lowest BCUT2D eigenvalue weighted by Crippen LogP contribution is -2.23. The summed E-state index contributed by atoms with van der Waals surface area (Å²) >= 11 is 0. The van der Waals surface area contributed by atoms with Crippen molar-refractivity contribution in [2.75, 3.05) is 0 Å². The molecule has 1 aromatic rings. The Morgan fingerprint density at radius 2 is 1.79 bits per heavy atom. The van der Waals surface area contributed by atoms with E-state index in [1.54, 1.807) is 18.2 Å². The average Bonchev–Trinajstić information content (AvgIpc) is 2.38. The highest BCUT2D eigenvalue weighted by atomic mass is 16.6. The Balaban J connectivity index is 2.79. The van der Waals surface area contributed by atoms with Gasteiger partial charge in [0.05, 0.1) is 11.0 Å². The summed E-state index contributed by atoms with van der Waals surface area (Å²) in [5.41, 5.74) is 0.727. The Morgan fingerprint density at radius 3 is 2.32 bits per heavy atom. The summed E-state index contributed by atoms with van der Waals surface area (Å²) in [6.45, 7) is 4.20. The fraction of sp³-hybridized carbons (Fsp3) is 0.600. The molecule has 0 aliphatic rings. The molecule has 0 aromatic heterocycles. The fourth-order valence-corrected chi connectivity index (χ4v) is 2.52. The molecule has 4 nitrogen and oxygen atoms in total. The molecule has 1 aromatic carbocycles. The molecule has 0 aliphatic carbocycles. The first-order valence-corrected chi connectivity index (χ1v) is 7.00. The van der Waals surface area contributed by atoms with E-state index in [0.29, 0.717) is 12.0 Å². The smallest absolute Gasteiger partial charge is 0.272 e. The second kappa shape index (κ2) is 7.89. The maximum absolute atomic E-state index is 10.9. The number of hydrogen-bond acceptors (Lipinski definition) is 3. The van der Waals surface area contributed by atoms with Crippen molar-refractivity contribution in [2.24, 2.45) is 5.92 Å². The molecule has 4 heteroatoms. The summed E-state index contributed by atoms with van der Waals surface area (Å²) in [4.78, 5) is 10.6. The molecule has 0 aliphatic heterocycles. The van der Waals surface area contributed by atoms with E-state index in [-0.39, 0.29) is 16.5 Å². The SMILES string of the molecule is CCCC(CCC)C(O)Cc1ccccc1[N+](=O)[O-]. The maximum atomic E-state index is 10.9. The Hall–Kier alpha value is -1.42. The van der Waals surface area contributed by atoms with Crippen molar-refractivity contribution in [1.29, 1.82) is 0 Å². The molecule has 0 bridgehead atoms. The van der Waals surface area contributed by atoms with Crippen molar-refractivity contribution in [1.82, 2.24) is 0 Å². The molecule has 0 heterocycles. The molecule has 1 N–H and O–H groups in total. The third kappa shape index (κ3) is 4.63. The Morgan fingerprint density at radius 1 is 1.21 bits per heavy atom. The number of nitrogens with zero attached hydrogens (tertiary/aromatic N) is 1. The lowest BCUT2D eigenvalue weighted by Gasteiger charge is -2.22. The van der Waals surface area contributed by atoms with Gasteiger partial charge in [0.25, 0.3) is 5.69 Å². The Kier molecular flexibility index (Phi) is 6.50. The topological polar surface area (TPSA) is 63.4 Å². The van der Waals surface area contributed by atoms with Crippen molar-refractivity contribution >= 4 is 5.69 Å². The Bertz CT molecular complexity index is 400. The summed E-state index contributed by atoms with van der Waals surface area (Å²) in [7, 11) is 0. The van der Waals surface area contributed by atoms with Gasteiger partial charge in [0.15, 0.2) is 0 Å². The van der Waals surface area contributed by atoms with Crippen LogP contribution in [0.3, 0.4) is 0 Å². The number of rotatable bonds is 8. The van der Waals surface area contributed by atoms with Crippen LogP contribution in [-0.2, 0) is 6.42 Å². The average molecular weight is 265 g/mol. The summed E-state index contributed by atoms with van der Waals surface area (Å²) in [5, 5.41) is 21.3. The molecule has 0 saturated heterocycles. The van der Waals surface area contributed by atoms with Gasteiger partial charge < -0.3 is 5.11 Å². The normalized spacial score (nSPS) is 12.6. The number of hydrogen-bond donors (Lipinski definition) is 1. The minimum absolute atomic E-state index is 0.105. The predicted octanol–water partition coefficient (Wildman–Crippen LogP) is 3.71. The van der Waals surface area contributed by atoms with Crippen molar-refractivity contribution < 1.29 is 10.0 Å². The van der Waals surface area contributed by atoms with Gasteiger partial charge in [-0.15, -0.1) is 0 Å². The van der Waals surface area contributed by atoms with Crippen molar-refractivity contribution in [2.45, 2.75) is 52.1 Å². The second-order valence-corrected chi connectivity index (χ2v) is 4.99. The molecular formula is C15H23NO3. The number of benzene rings is 1. The lowest BCUT2D eigenvalue weighted by molar-refractivity contribution is -0.385. The van der Waals surface area contributed by atoms with Gasteiger partial charge in [-0.05, 0) is 18.8 Å². The molecule has 19 heavy (non-hydrogen) atoms. The van der Waals surface area contributed by atoms with E-state index in [1.807, 2.05) is 0 Å². The van der Waals surface area contributed by atoms with E-state index >= 15 is 0 Å². The first kappa shape index (κ1) is 15.6. The van der Waals surface area contributed by atoms with Crippen LogP contribution in [0.1, 0.15) is 45.1 Å². The summed E-state index contributed by atoms with van der Waals surface area (Å²) in [6, 6.07) is 6.67. The third-order valence-electron chi connectivity index (χ3n) is 3.48. The fourth-order valence-electron chi connectivity index (χ4n) is 2.52. The molecule has 106 valence electrons. The number of aliphatic hydroxyl groups is 1. The van der Waals surface area contributed by atoms with E-state index in [9.17, 15) is 15.2 Å². The van der Waals surface area contributed by atoms with E-state index in [4.69, 9.17) is 0 Å². The number of para-hydroxylation sites is 1. The Labute approximate surface area is 114 Å². The van der Waals surface area contributed by atoms with Gasteiger partial charge in [0.1, 0.15) is 0 Å². The van der Waals surface area contributed by atoms with E-state index in [2.05, 4.69) is 13.8 Å². The molecule has 0 saturated carbocycles. The monoisotopic (exact) mass is 265 g/mol. The van der Waals surface area contributed by atoms with Crippen LogP contribution in [0.15, 0.2) is 24.3 Å². The van der Waals surface area contributed by atoms with Crippen LogP contribution < -0.4 is 0 Å². The van der Waals surface area contributed by atoms with E-state index in [0.717, 1.165) is 25.7 Å². The van der Waals surface area contributed by atoms with Crippen LogP contribution in [0, 0.1) is 16.0 Å². The lowest BCUT2D eigenvalue weighted by atomic mass is 9.88. The predicted molar refractivity (Wildman–Crippen MR) is 76.1 cm³/mol. The van der Waals surface area contributed by atoms with Gasteiger partial charge in [-0.3, -0.25) is 10.1 Å². The zero-order valence-corrected chi connectivity index (χ0v) is 11.7. The first-order chi connectivity index (χ1) is 9.10. The molecule has 1 rings (SSSR count). The van der Waals surface area contributed by atoms with Gasteiger partial charge in [-0.1, -0.05) is 44.9 Å². The van der Waals surface area contributed by atoms with Crippen LogP contribution >= 0.6 is 0 Å². The number of nitro benzene ring substituents is 1.